The maximum atomic E-state index is 4.00. The fraction of sp³-hybridized carbons (Fsp3) is 0.333. The summed E-state index contributed by atoms with van der Waals surface area (Å²) in [6.45, 7) is 8.16. The molecule has 0 aromatic heterocycles. The third-order valence-electron chi connectivity index (χ3n) is 2.33. The predicted molar refractivity (Wildman–Crippen MR) is 65.5 cm³/mol. The minimum Gasteiger partial charge on any atom is -0.310 e. The van der Waals surface area contributed by atoms with Crippen molar-refractivity contribution in [3.63, 3.8) is 0 Å². The predicted octanol–water partition coefficient (Wildman–Crippen LogP) is 3.59. The minimum atomic E-state index is 0.243. The molecule has 0 radical (unpaired) electrons. The maximum Gasteiger partial charge on any atom is 0.0531 e. The second-order valence-corrected chi connectivity index (χ2v) is 4.48. The molecule has 0 aliphatic rings. The third kappa shape index (κ3) is 2.46. The molecule has 1 rings (SSSR count). The van der Waals surface area contributed by atoms with E-state index in [1.807, 2.05) is 14.0 Å². The summed E-state index contributed by atoms with van der Waals surface area (Å²) in [6, 6.07) is 6.56. The van der Waals surface area contributed by atoms with Crippen molar-refractivity contribution < 1.29 is 0 Å². The standard InChI is InChI=1S/C12H16BrN/c1-8(2)12(14-4)11-7-10(13)6-5-9(11)3/h5-7,12,14H,1H2,2-4H3. The van der Waals surface area contributed by atoms with Gasteiger partial charge in [-0.3, -0.25) is 0 Å². The van der Waals surface area contributed by atoms with Crippen molar-refractivity contribution in [2.75, 3.05) is 7.05 Å². The van der Waals surface area contributed by atoms with Gasteiger partial charge in [-0.1, -0.05) is 34.1 Å². The largest absolute Gasteiger partial charge is 0.310 e. The van der Waals surface area contributed by atoms with E-state index in [4.69, 9.17) is 0 Å². The van der Waals surface area contributed by atoms with Gasteiger partial charge in [0.25, 0.3) is 0 Å². The third-order valence-corrected chi connectivity index (χ3v) is 2.83. The van der Waals surface area contributed by atoms with Gasteiger partial charge < -0.3 is 5.32 Å². The minimum absolute atomic E-state index is 0.243. The Balaban J connectivity index is 3.15. The second-order valence-electron chi connectivity index (χ2n) is 3.57. The highest BCUT2D eigenvalue weighted by atomic mass is 79.9. The number of rotatable bonds is 3. The first-order valence-corrected chi connectivity index (χ1v) is 5.44. The smallest absolute Gasteiger partial charge is 0.0531 e. The Kier molecular flexibility index (Phi) is 3.90. The fourth-order valence-corrected chi connectivity index (χ4v) is 1.97. The quantitative estimate of drug-likeness (QED) is 0.813. The van der Waals surface area contributed by atoms with Gasteiger partial charge in [0.05, 0.1) is 6.04 Å². The van der Waals surface area contributed by atoms with Crippen molar-refractivity contribution >= 4 is 15.9 Å². The van der Waals surface area contributed by atoms with Gasteiger partial charge in [0.15, 0.2) is 0 Å². The van der Waals surface area contributed by atoms with E-state index in [2.05, 4.69) is 52.9 Å². The van der Waals surface area contributed by atoms with E-state index in [9.17, 15) is 0 Å². The van der Waals surface area contributed by atoms with Crippen molar-refractivity contribution in [3.8, 4) is 0 Å². The van der Waals surface area contributed by atoms with Gasteiger partial charge in [0.2, 0.25) is 0 Å². The van der Waals surface area contributed by atoms with Gasteiger partial charge in [-0.15, -0.1) is 0 Å². The molecular weight excluding hydrogens is 238 g/mol. The fourth-order valence-electron chi connectivity index (χ4n) is 1.59. The molecule has 1 aromatic rings. The number of likely N-dealkylation sites (N-methyl/N-ethyl adjacent to an activating group) is 1. The van der Waals surface area contributed by atoms with Crippen LogP contribution in [0.5, 0.6) is 0 Å². The van der Waals surface area contributed by atoms with Crippen LogP contribution in [-0.4, -0.2) is 7.05 Å². The number of nitrogens with one attached hydrogen (secondary N) is 1. The molecule has 0 bridgehead atoms. The van der Waals surface area contributed by atoms with Gasteiger partial charge in [0.1, 0.15) is 0 Å². The monoisotopic (exact) mass is 253 g/mol. The molecule has 0 amide bonds. The highest BCUT2D eigenvalue weighted by molar-refractivity contribution is 9.10. The molecule has 1 nitrogen and oxygen atoms in total. The number of aryl methyl sites for hydroxylation is 1. The summed E-state index contributed by atoms with van der Waals surface area (Å²) < 4.78 is 1.11. The molecule has 0 fully saturated rings. The molecule has 14 heavy (non-hydrogen) atoms. The lowest BCUT2D eigenvalue weighted by molar-refractivity contribution is 0.675. The molecule has 0 saturated carbocycles. The van der Waals surface area contributed by atoms with E-state index in [1.54, 1.807) is 0 Å². The van der Waals surface area contributed by atoms with Crippen molar-refractivity contribution in [3.05, 3.63) is 46.0 Å². The molecule has 2 heteroatoms. The van der Waals surface area contributed by atoms with E-state index in [1.165, 1.54) is 11.1 Å². The van der Waals surface area contributed by atoms with Crippen LogP contribution in [-0.2, 0) is 0 Å². The first kappa shape index (κ1) is 11.5. The summed E-state index contributed by atoms with van der Waals surface area (Å²) in [4.78, 5) is 0. The van der Waals surface area contributed by atoms with E-state index >= 15 is 0 Å². The van der Waals surface area contributed by atoms with Crippen LogP contribution < -0.4 is 5.32 Å². The van der Waals surface area contributed by atoms with Crippen LogP contribution in [0.2, 0.25) is 0 Å². The Morgan fingerprint density at radius 3 is 2.64 bits per heavy atom. The highest BCUT2D eigenvalue weighted by Crippen LogP contribution is 2.25. The van der Waals surface area contributed by atoms with Crippen LogP contribution in [0, 0.1) is 6.92 Å². The Hall–Kier alpha value is -0.600. The Labute approximate surface area is 94.3 Å². The van der Waals surface area contributed by atoms with Crippen molar-refractivity contribution in [1.29, 1.82) is 0 Å². The van der Waals surface area contributed by atoms with Gasteiger partial charge in [-0.05, 0) is 44.2 Å². The average Bonchev–Trinajstić information content (AvgIpc) is 2.11. The lowest BCUT2D eigenvalue weighted by Crippen LogP contribution is -2.18. The van der Waals surface area contributed by atoms with Gasteiger partial charge in [0, 0.05) is 4.47 Å². The van der Waals surface area contributed by atoms with Gasteiger partial charge >= 0.3 is 0 Å². The molecule has 0 spiro atoms. The lowest BCUT2D eigenvalue weighted by atomic mass is 9.97. The molecule has 1 N–H and O–H groups in total. The SMILES string of the molecule is C=C(C)C(NC)c1cc(Br)ccc1C. The van der Waals surface area contributed by atoms with E-state index < -0.39 is 0 Å². The molecule has 0 aliphatic heterocycles. The number of benzene rings is 1. The van der Waals surface area contributed by atoms with Crippen LogP contribution in [0.25, 0.3) is 0 Å². The summed E-state index contributed by atoms with van der Waals surface area (Å²) in [7, 11) is 1.96. The molecule has 76 valence electrons. The Bertz CT molecular complexity index is 344. The van der Waals surface area contributed by atoms with Crippen molar-refractivity contribution in [2.45, 2.75) is 19.9 Å². The lowest BCUT2D eigenvalue weighted by Gasteiger charge is -2.19. The van der Waals surface area contributed by atoms with E-state index in [0.29, 0.717) is 0 Å². The summed E-state index contributed by atoms with van der Waals surface area (Å²) >= 11 is 3.49. The normalized spacial score (nSPS) is 12.6. The highest BCUT2D eigenvalue weighted by Gasteiger charge is 2.12. The molecule has 0 aliphatic carbocycles. The zero-order chi connectivity index (χ0) is 10.7. The van der Waals surface area contributed by atoms with Gasteiger partial charge in [-0.25, -0.2) is 0 Å². The molecule has 0 heterocycles. The van der Waals surface area contributed by atoms with E-state index in [-0.39, 0.29) is 6.04 Å². The van der Waals surface area contributed by atoms with Crippen molar-refractivity contribution in [1.82, 2.24) is 5.32 Å². The van der Waals surface area contributed by atoms with Crippen molar-refractivity contribution in [2.24, 2.45) is 0 Å². The number of hydrogen-bond acceptors (Lipinski definition) is 1. The Morgan fingerprint density at radius 2 is 2.14 bits per heavy atom. The van der Waals surface area contributed by atoms with E-state index in [0.717, 1.165) is 10.0 Å². The van der Waals surface area contributed by atoms with Crippen LogP contribution in [0.15, 0.2) is 34.8 Å². The first-order chi connectivity index (χ1) is 6.56. The van der Waals surface area contributed by atoms with Crippen LogP contribution >= 0.6 is 15.9 Å². The number of hydrogen-bond donors (Lipinski definition) is 1. The van der Waals surface area contributed by atoms with Crippen LogP contribution in [0.4, 0.5) is 0 Å². The van der Waals surface area contributed by atoms with Gasteiger partial charge in [-0.2, -0.15) is 0 Å². The zero-order valence-corrected chi connectivity index (χ0v) is 10.5. The molecule has 0 saturated heterocycles. The molecule has 1 unspecified atom stereocenters. The molecule has 1 aromatic carbocycles. The average molecular weight is 254 g/mol. The summed E-state index contributed by atoms with van der Waals surface area (Å²) in [5, 5.41) is 3.27. The number of halogens is 1. The van der Waals surface area contributed by atoms with Crippen LogP contribution in [0.1, 0.15) is 24.1 Å². The Morgan fingerprint density at radius 1 is 1.50 bits per heavy atom. The maximum absolute atomic E-state index is 4.00. The first-order valence-electron chi connectivity index (χ1n) is 4.65. The van der Waals surface area contributed by atoms with Crippen LogP contribution in [0.3, 0.4) is 0 Å². The summed E-state index contributed by atoms with van der Waals surface area (Å²) in [5.41, 5.74) is 3.71. The summed E-state index contributed by atoms with van der Waals surface area (Å²) in [6.07, 6.45) is 0. The molecule has 1 atom stereocenters. The molecular formula is C12H16BrN. The second kappa shape index (κ2) is 4.76. The summed E-state index contributed by atoms with van der Waals surface area (Å²) in [5.74, 6) is 0. The zero-order valence-electron chi connectivity index (χ0n) is 8.89. The topological polar surface area (TPSA) is 12.0 Å².